The number of pyridine rings is 1. The van der Waals surface area contributed by atoms with Crippen molar-refractivity contribution in [1.29, 1.82) is 0 Å². The number of rotatable bonds is 6. The van der Waals surface area contributed by atoms with E-state index in [1.54, 1.807) is 18.3 Å². The van der Waals surface area contributed by atoms with Crippen LogP contribution in [0.2, 0.25) is 0 Å². The van der Waals surface area contributed by atoms with Crippen molar-refractivity contribution in [2.24, 2.45) is 0 Å². The van der Waals surface area contributed by atoms with Crippen LogP contribution in [0, 0.1) is 0 Å². The van der Waals surface area contributed by atoms with E-state index in [-0.39, 0.29) is 5.09 Å². The summed E-state index contributed by atoms with van der Waals surface area (Å²) >= 11 is 0. The third-order valence-electron chi connectivity index (χ3n) is 2.79. The van der Waals surface area contributed by atoms with Crippen LogP contribution in [0.1, 0.15) is 5.76 Å². The second-order valence-corrected chi connectivity index (χ2v) is 6.50. The van der Waals surface area contributed by atoms with Gasteiger partial charge in [-0.25, -0.2) is 17.7 Å². The van der Waals surface area contributed by atoms with E-state index in [1.807, 2.05) is 6.07 Å². The number of hydrogen-bond acceptors (Lipinski definition) is 6. The van der Waals surface area contributed by atoms with E-state index in [0.29, 0.717) is 23.9 Å². The first-order valence-electron chi connectivity index (χ1n) is 6.19. The van der Waals surface area contributed by atoms with E-state index in [1.165, 1.54) is 27.3 Å². The first kappa shape index (κ1) is 15.3. The van der Waals surface area contributed by atoms with E-state index >= 15 is 0 Å². The molecule has 0 amide bonds. The van der Waals surface area contributed by atoms with Crippen LogP contribution in [0.15, 0.2) is 40.0 Å². The standard InChI is InChI=1S/C13H17N3O4S/c1-16(2)21(17,18)12-7-6-10(20-12)9-15-11-5-4-8-14-13(11)19-3/h4-8,15H,9H2,1-3H3. The number of sulfonamides is 1. The van der Waals surface area contributed by atoms with Crippen molar-refractivity contribution in [3.8, 4) is 5.88 Å². The van der Waals surface area contributed by atoms with Crippen LogP contribution in [0.5, 0.6) is 5.88 Å². The fourth-order valence-electron chi connectivity index (χ4n) is 1.64. The molecule has 0 aliphatic carbocycles. The average molecular weight is 311 g/mol. The molecule has 114 valence electrons. The minimum atomic E-state index is -3.55. The van der Waals surface area contributed by atoms with Crippen molar-refractivity contribution in [3.63, 3.8) is 0 Å². The molecule has 0 aliphatic rings. The molecule has 2 aromatic rings. The highest BCUT2D eigenvalue weighted by Crippen LogP contribution is 2.22. The Kier molecular flexibility index (Phi) is 4.49. The van der Waals surface area contributed by atoms with Crippen LogP contribution in [-0.4, -0.2) is 38.9 Å². The highest BCUT2D eigenvalue weighted by atomic mass is 32.2. The summed E-state index contributed by atoms with van der Waals surface area (Å²) in [7, 11) is 0.889. The number of nitrogens with zero attached hydrogens (tertiary/aromatic N) is 2. The molecular weight excluding hydrogens is 294 g/mol. The zero-order valence-electron chi connectivity index (χ0n) is 12.0. The van der Waals surface area contributed by atoms with E-state index in [9.17, 15) is 8.42 Å². The zero-order chi connectivity index (χ0) is 15.5. The molecule has 0 saturated carbocycles. The van der Waals surface area contributed by atoms with Gasteiger partial charge in [-0.1, -0.05) is 0 Å². The monoisotopic (exact) mass is 311 g/mol. The smallest absolute Gasteiger partial charge is 0.275 e. The van der Waals surface area contributed by atoms with Gasteiger partial charge in [-0.3, -0.25) is 0 Å². The van der Waals surface area contributed by atoms with Gasteiger partial charge in [-0.2, -0.15) is 0 Å². The van der Waals surface area contributed by atoms with Crippen LogP contribution >= 0.6 is 0 Å². The molecule has 0 bridgehead atoms. The van der Waals surface area contributed by atoms with Crippen LogP contribution in [0.4, 0.5) is 5.69 Å². The summed E-state index contributed by atoms with van der Waals surface area (Å²) in [6.07, 6.45) is 1.62. The second-order valence-electron chi connectivity index (χ2n) is 4.42. The van der Waals surface area contributed by atoms with Gasteiger partial charge < -0.3 is 14.5 Å². The first-order chi connectivity index (χ1) is 9.95. The molecule has 2 rings (SSSR count). The van der Waals surface area contributed by atoms with Gasteiger partial charge in [0.1, 0.15) is 5.76 Å². The molecule has 0 saturated heterocycles. The van der Waals surface area contributed by atoms with Crippen molar-refractivity contribution in [3.05, 3.63) is 36.2 Å². The molecule has 0 spiro atoms. The van der Waals surface area contributed by atoms with Crippen molar-refractivity contribution >= 4 is 15.7 Å². The Morgan fingerprint density at radius 1 is 1.33 bits per heavy atom. The van der Waals surface area contributed by atoms with Gasteiger partial charge in [0, 0.05) is 20.3 Å². The number of ether oxygens (including phenoxy) is 1. The second kappa shape index (κ2) is 6.15. The number of anilines is 1. The molecule has 0 unspecified atom stereocenters. The average Bonchev–Trinajstić information content (AvgIpc) is 2.94. The maximum atomic E-state index is 11.9. The lowest BCUT2D eigenvalue weighted by atomic mass is 10.3. The summed E-state index contributed by atoms with van der Waals surface area (Å²) in [5.41, 5.74) is 0.702. The lowest BCUT2D eigenvalue weighted by Gasteiger charge is -2.09. The normalized spacial score (nSPS) is 11.6. The van der Waals surface area contributed by atoms with Crippen molar-refractivity contribution in [2.45, 2.75) is 11.6 Å². The summed E-state index contributed by atoms with van der Waals surface area (Å²) in [6.45, 7) is 0.324. The number of aromatic nitrogens is 1. The Morgan fingerprint density at radius 2 is 2.10 bits per heavy atom. The molecule has 0 radical (unpaired) electrons. The molecule has 2 aromatic heterocycles. The van der Waals surface area contributed by atoms with Gasteiger partial charge in [0.2, 0.25) is 11.0 Å². The topological polar surface area (TPSA) is 84.7 Å². The largest absolute Gasteiger partial charge is 0.480 e. The SMILES string of the molecule is COc1ncccc1NCc1ccc(S(=O)(=O)N(C)C)o1. The number of methoxy groups -OCH3 is 1. The zero-order valence-corrected chi connectivity index (χ0v) is 12.8. The van der Waals surface area contributed by atoms with Gasteiger partial charge in [0.15, 0.2) is 0 Å². The summed E-state index contributed by atoms with van der Waals surface area (Å²) in [5.74, 6) is 0.964. The quantitative estimate of drug-likeness (QED) is 0.871. The van der Waals surface area contributed by atoms with Crippen molar-refractivity contribution in [1.82, 2.24) is 9.29 Å². The predicted molar refractivity (Wildman–Crippen MR) is 77.7 cm³/mol. The van der Waals surface area contributed by atoms with E-state index in [2.05, 4.69) is 10.3 Å². The third kappa shape index (κ3) is 3.34. The fourth-order valence-corrected chi connectivity index (χ4v) is 2.45. The summed E-state index contributed by atoms with van der Waals surface area (Å²) in [6, 6.07) is 6.64. The van der Waals surface area contributed by atoms with Crippen LogP contribution in [0.25, 0.3) is 0 Å². The van der Waals surface area contributed by atoms with Crippen molar-refractivity contribution < 1.29 is 17.6 Å². The molecule has 7 nitrogen and oxygen atoms in total. The van der Waals surface area contributed by atoms with Gasteiger partial charge in [-0.15, -0.1) is 0 Å². The molecule has 0 aromatic carbocycles. The lowest BCUT2D eigenvalue weighted by molar-refractivity contribution is 0.396. The minimum absolute atomic E-state index is 0.0811. The van der Waals surface area contributed by atoms with Gasteiger partial charge in [0.05, 0.1) is 19.3 Å². The van der Waals surface area contributed by atoms with E-state index in [4.69, 9.17) is 9.15 Å². The lowest BCUT2D eigenvalue weighted by Crippen LogP contribution is -2.21. The predicted octanol–water partition coefficient (Wildman–Crippen LogP) is 1.55. The highest BCUT2D eigenvalue weighted by molar-refractivity contribution is 7.88. The van der Waals surface area contributed by atoms with Crippen molar-refractivity contribution in [2.75, 3.05) is 26.5 Å². The van der Waals surface area contributed by atoms with E-state index in [0.717, 1.165) is 4.31 Å². The molecule has 0 aliphatic heterocycles. The Hall–Kier alpha value is -2.06. The fraction of sp³-hybridized carbons (Fsp3) is 0.308. The third-order valence-corrected chi connectivity index (χ3v) is 4.48. The molecule has 8 heteroatoms. The highest BCUT2D eigenvalue weighted by Gasteiger charge is 2.21. The number of hydrogen-bond donors (Lipinski definition) is 1. The van der Waals surface area contributed by atoms with Crippen LogP contribution < -0.4 is 10.1 Å². The Balaban J connectivity index is 2.10. The van der Waals surface area contributed by atoms with E-state index < -0.39 is 10.0 Å². The Bertz CT molecular complexity index is 710. The van der Waals surface area contributed by atoms with Gasteiger partial charge in [0.25, 0.3) is 10.0 Å². The molecule has 2 heterocycles. The number of nitrogens with one attached hydrogen (secondary N) is 1. The summed E-state index contributed by atoms with van der Waals surface area (Å²) < 4.78 is 35.4. The summed E-state index contributed by atoms with van der Waals surface area (Å²) in [4.78, 5) is 4.06. The molecular formula is C13H17N3O4S. The van der Waals surface area contributed by atoms with Crippen LogP contribution in [0.3, 0.4) is 0 Å². The Labute approximate surface area is 123 Å². The minimum Gasteiger partial charge on any atom is -0.480 e. The maximum absolute atomic E-state index is 11.9. The maximum Gasteiger partial charge on any atom is 0.275 e. The van der Waals surface area contributed by atoms with Gasteiger partial charge >= 0.3 is 0 Å². The Morgan fingerprint density at radius 3 is 2.76 bits per heavy atom. The van der Waals surface area contributed by atoms with Gasteiger partial charge in [-0.05, 0) is 24.3 Å². The molecule has 0 atom stereocenters. The molecule has 0 fully saturated rings. The number of furan rings is 1. The molecule has 1 N–H and O–H groups in total. The molecule has 21 heavy (non-hydrogen) atoms. The first-order valence-corrected chi connectivity index (χ1v) is 7.63. The summed E-state index contributed by atoms with van der Waals surface area (Å²) in [5, 5.41) is 3.00. The van der Waals surface area contributed by atoms with Crippen LogP contribution in [-0.2, 0) is 16.6 Å².